The second kappa shape index (κ2) is 16.6. The average Bonchev–Trinajstić information content (AvgIpc) is 3.08. The lowest BCUT2D eigenvalue weighted by molar-refractivity contribution is -0.136. The number of hydrogen-bond donors (Lipinski definition) is 1. The van der Waals surface area contributed by atoms with Gasteiger partial charge in [-0.25, -0.2) is 0 Å². The second-order valence-electron chi connectivity index (χ2n) is 9.97. The number of fused-ring (bicyclic) bond motifs is 1. The van der Waals surface area contributed by atoms with Crippen molar-refractivity contribution < 1.29 is 14.6 Å². The van der Waals surface area contributed by atoms with Gasteiger partial charge in [0, 0.05) is 23.1 Å². The van der Waals surface area contributed by atoms with Crippen molar-refractivity contribution in [3.05, 3.63) is 29.5 Å². The Kier molecular flexibility index (Phi) is 13.8. The molecule has 4 nitrogen and oxygen atoms in total. The van der Waals surface area contributed by atoms with Gasteiger partial charge >= 0.3 is 5.97 Å². The van der Waals surface area contributed by atoms with Crippen LogP contribution >= 0.6 is 0 Å². The Balaban J connectivity index is 1.60. The Morgan fingerprint density at radius 3 is 1.79 bits per heavy atom. The highest BCUT2D eigenvalue weighted by Crippen LogP contribution is 2.30. The summed E-state index contributed by atoms with van der Waals surface area (Å²) in [6.07, 6.45) is 22.0. The smallest absolute Gasteiger partial charge is 0.307 e. The molecule has 1 aromatic heterocycles. The molecular weight excluding hydrogens is 422 g/mol. The molecule has 0 aliphatic heterocycles. The van der Waals surface area contributed by atoms with Crippen molar-refractivity contribution in [3.8, 4) is 5.75 Å². The summed E-state index contributed by atoms with van der Waals surface area (Å²) < 4.78 is 7.67. The summed E-state index contributed by atoms with van der Waals surface area (Å²) >= 11 is 0. The lowest BCUT2D eigenvalue weighted by Gasteiger charge is -2.09. The van der Waals surface area contributed by atoms with Crippen LogP contribution in [-0.4, -0.2) is 22.8 Å². The predicted molar refractivity (Wildman–Crippen MR) is 144 cm³/mol. The first kappa shape index (κ1) is 28.3. The Labute approximate surface area is 208 Å². The molecule has 0 bridgehead atoms. The van der Waals surface area contributed by atoms with E-state index in [4.69, 9.17) is 4.74 Å². The number of benzene rings is 1. The third-order valence-corrected chi connectivity index (χ3v) is 7.22. The van der Waals surface area contributed by atoms with Crippen LogP contribution < -0.4 is 4.74 Å². The number of ether oxygens (including phenoxy) is 1. The fourth-order valence-corrected chi connectivity index (χ4v) is 5.14. The van der Waals surface area contributed by atoms with Gasteiger partial charge in [0.05, 0.1) is 13.5 Å². The topological polar surface area (TPSA) is 51.5 Å². The molecule has 1 heterocycles. The van der Waals surface area contributed by atoms with Crippen molar-refractivity contribution >= 4 is 16.9 Å². The molecule has 0 unspecified atom stereocenters. The van der Waals surface area contributed by atoms with Crippen LogP contribution in [0.3, 0.4) is 0 Å². The van der Waals surface area contributed by atoms with E-state index in [1.807, 2.05) is 12.1 Å². The highest BCUT2D eigenvalue weighted by molar-refractivity contribution is 5.90. The Hall–Kier alpha value is -1.97. The number of methoxy groups -OCH3 is 1. The normalized spacial score (nSPS) is 11.4. The largest absolute Gasteiger partial charge is 0.497 e. The number of aryl methyl sites for hydroxylation is 1. The van der Waals surface area contributed by atoms with Crippen molar-refractivity contribution in [2.75, 3.05) is 7.11 Å². The lowest BCUT2D eigenvalue weighted by Crippen LogP contribution is -2.04. The first-order chi connectivity index (χ1) is 16.6. The van der Waals surface area contributed by atoms with E-state index in [9.17, 15) is 9.90 Å². The molecule has 0 saturated heterocycles. The van der Waals surface area contributed by atoms with E-state index >= 15 is 0 Å². The molecule has 0 atom stereocenters. The van der Waals surface area contributed by atoms with Gasteiger partial charge in [-0.1, -0.05) is 103 Å². The van der Waals surface area contributed by atoms with Gasteiger partial charge in [-0.3, -0.25) is 4.79 Å². The summed E-state index contributed by atoms with van der Waals surface area (Å²) in [7, 11) is 1.65. The number of carboxylic acids is 1. The molecule has 0 fully saturated rings. The maximum atomic E-state index is 11.4. The molecule has 2 rings (SSSR count). The van der Waals surface area contributed by atoms with Crippen molar-refractivity contribution in [2.45, 2.75) is 130 Å². The van der Waals surface area contributed by atoms with Gasteiger partial charge in [-0.15, -0.1) is 0 Å². The highest BCUT2D eigenvalue weighted by atomic mass is 16.5. The maximum absolute atomic E-state index is 11.4. The van der Waals surface area contributed by atoms with E-state index in [2.05, 4.69) is 24.5 Å². The molecule has 4 heteroatoms. The summed E-state index contributed by atoms with van der Waals surface area (Å²) in [4.78, 5) is 11.4. The molecule has 34 heavy (non-hydrogen) atoms. The summed E-state index contributed by atoms with van der Waals surface area (Å²) in [5.41, 5.74) is 3.11. The van der Waals surface area contributed by atoms with E-state index in [-0.39, 0.29) is 6.42 Å². The fourth-order valence-electron chi connectivity index (χ4n) is 5.14. The van der Waals surface area contributed by atoms with Gasteiger partial charge in [-0.05, 0) is 37.1 Å². The monoisotopic (exact) mass is 471 g/mol. The third kappa shape index (κ3) is 9.72. The second-order valence-corrected chi connectivity index (χ2v) is 9.97. The zero-order valence-electron chi connectivity index (χ0n) is 22.2. The minimum absolute atomic E-state index is 0.0570. The Morgan fingerprint density at radius 2 is 1.32 bits per heavy atom. The van der Waals surface area contributed by atoms with E-state index in [1.165, 1.54) is 96.3 Å². The van der Waals surface area contributed by atoms with Crippen LogP contribution in [-0.2, 0) is 17.8 Å². The standard InChI is InChI=1S/C30H49NO3/c1-4-5-6-7-8-9-10-11-12-13-14-15-16-17-18-19-22-31-25(2)27(24-30(32)33)28-23-26(34-3)20-21-29(28)31/h20-21,23H,4-19,22,24H2,1-3H3,(H,32,33). The number of aliphatic carboxylic acids is 1. The number of unbranched alkanes of at least 4 members (excludes halogenated alkanes) is 15. The van der Waals surface area contributed by atoms with Crippen molar-refractivity contribution in [2.24, 2.45) is 0 Å². The first-order valence-electron chi connectivity index (χ1n) is 14.0. The van der Waals surface area contributed by atoms with Gasteiger partial charge < -0.3 is 14.4 Å². The zero-order chi connectivity index (χ0) is 24.6. The molecule has 2 aromatic rings. The molecular formula is C30H49NO3. The Bertz CT molecular complexity index is 839. The van der Waals surface area contributed by atoms with Crippen LogP contribution in [0, 0.1) is 6.92 Å². The average molecular weight is 472 g/mol. The first-order valence-corrected chi connectivity index (χ1v) is 14.0. The minimum Gasteiger partial charge on any atom is -0.497 e. The third-order valence-electron chi connectivity index (χ3n) is 7.22. The SMILES string of the molecule is CCCCCCCCCCCCCCCCCCn1c(C)c(CC(=O)O)c2cc(OC)ccc21. The quantitative estimate of drug-likeness (QED) is 0.196. The van der Waals surface area contributed by atoms with Crippen LogP contribution in [0.5, 0.6) is 5.75 Å². The number of nitrogens with zero attached hydrogens (tertiary/aromatic N) is 1. The minimum atomic E-state index is -0.785. The van der Waals surface area contributed by atoms with Gasteiger partial charge in [0.15, 0.2) is 0 Å². The van der Waals surface area contributed by atoms with Crippen molar-refractivity contribution in [1.82, 2.24) is 4.57 Å². The molecule has 1 N–H and O–H groups in total. The van der Waals surface area contributed by atoms with Gasteiger partial charge in [-0.2, -0.15) is 0 Å². The zero-order valence-corrected chi connectivity index (χ0v) is 22.2. The van der Waals surface area contributed by atoms with Crippen molar-refractivity contribution in [3.63, 3.8) is 0 Å². The van der Waals surface area contributed by atoms with Crippen LogP contribution in [0.2, 0.25) is 0 Å². The van der Waals surface area contributed by atoms with Gasteiger partial charge in [0.2, 0.25) is 0 Å². The molecule has 0 amide bonds. The molecule has 0 aliphatic carbocycles. The molecule has 0 spiro atoms. The van der Waals surface area contributed by atoms with Gasteiger partial charge in [0.25, 0.3) is 0 Å². The fraction of sp³-hybridized carbons (Fsp3) is 0.700. The number of aromatic nitrogens is 1. The number of hydrogen-bond acceptors (Lipinski definition) is 2. The number of rotatable bonds is 20. The van der Waals surface area contributed by atoms with Crippen molar-refractivity contribution in [1.29, 1.82) is 0 Å². The van der Waals surface area contributed by atoms with Crippen LogP contribution in [0.25, 0.3) is 10.9 Å². The summed E-state index contributed by atoms with van der Waals surface area (Å²) in [5.74, 6) is -0.00826. The number of carboxylic acid groups (broad SMARTS) is 1. The van der Waals surface area contributed by atoms with Crippen LogP contribution in [0.1, 0.15) is 121 Å². The highest BCUT2D eigenvalue weighted by Gasteiger charge is 2.17. The van der Waals surface area contributed by atoms with E-state index in [0.29, 0.717) is 0 Å². The summed E-state index contributed by atoms with van der Waals surface area (Å²) in [6, 6.07) is 6.01. The summed E-state index contributed by atoms with van der Waals surface area (Å²) in [6.45, 7) is 5.29. The summed E-state index contributed by atoms with van der Waals surface area (Å²) in [5, 5.41) is 10.4. The predicted octanol–water partition coefficient (Wildman–Crippen LogP) is 8.85. The van der Waals surface area contributed by atoms with E-state index < -0.39 is 5.97 Å². The van der Waals surface area contributed by atoms with Crippen LogP contribution in [0.15, 0.2) is 18.2 Å². The molecule has 0 saturated carbocycles. The molecule has 0 radical (unpaired) electrons. The molecule has 0 aliphatic rings. The van der Waals surface area contributed by atoms with Gasteiger partial charge in [0.1, 0.15) is 5.75 Å². The maximum Gasteiger partial charge on any atom is 0.307 e. The van der Waals surface area contributed by atoms with E-state index in [0.717, 1.165) is 40.9 Å². The number of carbonyl (C=O) groups is 1. The Morgan fingerprint density at radius 1 is 0.824 bits per heavy atom. The van der Waals surface area contributed by atoms with E-state index in [1.54, 1.807) is 7.11 Å². The molecule has 1 aromatic carbocycles. The lowest BCUT2D eigenvalue weighted by atomic mass is 10.0. The molecule has 192 valence electrons. The van der Waals surface area contributed by atoms with Crippen LogP contribution in [0.4, 0.5) is 0 Å².